The van der Waals surface area contributed by atoms with Gasteiger partial charge in [0, 0.05) is 6.54 Å². The standard InChI is InChI=1S/C16H23N5O3/c1-2-3-9-24-15(22)20-8-4-7-16(23,10-20)13-6-5-12-14(17)18-11-19-21(12)13/h5-6,11,23H,2-4,7-10H2,1H3,(H2,17,18,19). The Morgan fingerprint density at radius 2 is 2.33 bits per heavy atom. The summed E-state index contributed by atoms with van der Waals surface area (Å²) in [5.74, 6) is 0.353. The molecule has 0 radical (unpaired) electrons. The van der Waals surface area contributed by atoms with Gasteiger partial charge in [-0.2, -0.15) is 5.10 Å². The number of carbonyl (C=O) groups excluding carboxylic acids is 1. The molecule has 1 aliphatic rings. The Morgan fingerprint density at radius 3 is 3.12 bits per heavy atom. The molecular formula is C16H23N5O3. The van der Waals surface area contributed by atoms with E-state index in [1.165, 1.54) is 6.33 Å². The average molecular weight is 333 g/mol. The lowest BCUT2D eigenvalue weighted by Crippen LogP contribution is -2.49. The number of nitrogens with zero attached hydrogens (tertiary/aromatic N) is 4. The summed E-state index contributed by atoms with van der Waals surface area (Å²) in [4.78, 5) is 17.7. The molecule has 24 heavy (non-hydrogen) atoms. The number of nitrogen functional groups attached to an aromatic ring is 1. The zero-order valence-electron chi connectivity index (χ0n) is 13.8. The van der Waals surface area contributed by atoms with E-state index in [0.29, 0.717) is 43.0 Å². The van der Waals surface area contributed by atoms with Crippen LogP contribution in [0, 0.1) is 0 Å². The predicted octanol–water partition coefficient (Wildman–Crippen LogP) is 1.53. The molecule has 0 aromatic carbocycles. The average Bonchev–Trinajstić information content (AvgIpc) is 3.01. The molecule has 0 spiro atoms. The number of anilines is 1. The molecule has 2 aromatic heterocycles. The van der Waals surface area contributed by atoms with Crippen LogP contribution in [0.3, 0.4) is 0 Å². The highest BCUT2D eigenvalue weighted by molar-refractivity contribution is 5.68. The number of hydrogen-bond donors (Lipinski definition) is 2. The molecule has 1 aliphatic heterocycles. The zero-order valence-corrected chi connectivity index (χ0v) is 13.8. The fourth-order valence-corrected chi connectivity index (χ4v) is 3.10. The van der Waals surface area contributed by atoms with Gasteiger partial charge in [0.15, 0.2) is 5.82 Å². The number of aliphatic hydroxyl groups is 1. The van der Waals surface area contributed by atoms with Crippen LogP contribution in [0.25, 0.3) is 5.52 Å². The Bertz CT molecular complexity index is 732. The quantitative estimate of drug-likeness (QED) is 0.822. The van der Waals surface area contributed by atoms with Crippen molar-refractivity contribution in [3.05, 3.63) is 24.2 Å². The Morgan fingerprint density at radius 1 is 1.50 bits per heavy atom. The zero-order chi connectivity index (χ0) is 17.2. The molecule has 8 nitrogen and oxygen atoms in total. The van der Waals surface area contributed by atoms with Crippen molar-refractivity contribution < 1.29 is 14.6 Å². The van der Waals surface area contributed by atoms with Gasteiger partial charge in [-0.15, -0.1) is 0 Å². The van der Waals surface area contributed by atoms with Crippen LogP contribution in [-0.4, -0.2) is 50.4 Å². The van der Waals surface area contributed by atoms with Crippen LogP contribution < -0.4 is 5.73 Å². The maximum atomic E-state index is 12.2. The summed E-state index contributed by atoms with van der Waals surface area (Å²) in [5.41, 5.74) is 5.91. The number of amides is 1. The first-order valence-electron chi connectivity index (χ1n) is 8.28. The number of nitrogens with two attached hydrogens (primary N) is 1. The van der Waals surface area contributed by atoms with Crippen LogP contribution in [0.4, 0.5) is 10.6 Å². The summed E-state index contributed by atoms with van der Waals surface area (Å²) in [6, 6.07) is 3.56. The minimum absolute atomic E-state index is 0.175. The third kappa shape index (κ3) is 3.01. The number of β-amino-alcohol motifs (C(OH)–C–C–N with tert-alkyl or cyclic N) is 1. The molecule has 1 atom stereocenters. The van der Waals surface area contributed by atoms with Crippen LogP contribution in [0.1, 0.15) is 38.3 Å². The van der Waals surface area contributed by atoms with E-state index in [1.54, 1.807) is 21.5 Å². The number of aromatic nitrogens is 3. The van der Waals surface area contributed by atoms with Gasteiger partial charge in [0.1, 0.15) is 17.4 Å². The Kier molecular flexibility index (Phi) is 4.57. The van der Waals surface area contributed by atoms with E-state index < -0.39 is 5.60 Å². The van der Waals surface area contributed by atoms with Crippen molar-refractivity contribution in [2.24, 2.45) is 0 Å². The maximum absolute atomic E-state index is 12.2. The Balaban J connectivity index is 1.81. The topological polar surface area (TPSA) is 106 Å². The molecule has 1 unspecified atom stereocenters. The lowest BCUT2D eigenvalue weighted by atomic mass is 9.90. The largest absolute Gasteiger partial charge is 0.449 e. The van der Waals surface area contributed by atoms with Crippen molar-refractivity contribution in [1.29, 1.82) is 0 Å². The lowest BCUT2D eigenvalue weighted by molar-refractivity contribution is -0.0381. The van der Waals surface area contributed by atoms with Gasteiger partial charge < -0.3 is 20.5 Å². The predicted molar refractivity (Wildman–Crippen MR) is 88.4 cm³/mol. The Hall–Kier alpha value is -2.35. The van der Waals surface area contributed by atoms with Crippen molar-refractivity contribution in [2.75, 3.05) is 25.4 Å². The molecule has 1 saturated heterocycles. The molecule has 130 valence electrons. The van der Waals surface area contributed by atoms with Gasteiger partial charge in [0.05, 0.1) is 18.8 Å². The van der Waals surface area contributed by atoms with Crippen LogP contribution in [0.15, 0.2) is 18.5 Å². The first-order chi connectivity index (χ1) is 11.5. The van der Waals surface area contributed by atoms with Crippen LogP contribution in [-0.2, 0) is 10.3 Å². The van der Waals surface area contributed by atoms with E-state index in [2.05, 4.69) is 10.1 Å². The number of piperidine rings is 1. The molecule has 8 heteroatoms. The Labute approximate surface area is 140 Å². The third-order valence-electron chi connectivity index (χ3n) is 4.41. The van der Waals surface area contributed by atoms with Crippen molar-refractivity contribution in [1.82, 2.24) is 19.5 Å². The molecule has 2 aromatic rings. The van der Waals surface area contributed by atoms with Crippen molar-refractivity contribution in [3.63, 3.8) is 0 Å². The van der Waals surface area contributed by atoms with E-state index in [1.807, 2.05) is 6.92 Å². The van der Waals surface area contributed by atoms with E-state index in [9.17, 15) is 9.90 Å². The summed E-state index contributed by atoms with van der Waals surface area (Å²) < 4.78 is 6.85. The highest BCUT2D eigenvalue weighted by atomic mass is 16.6. The fourth-order valence-electron chi connectivity index (χ4n) is 3.10. The first-order valence-corrected chi connectivity index (χ1v) is 8.28. The van der Waals surface area contributed by atoms with Crippen LogP contribution in [0.2, 0.25) is 0 Å². The summed E-state index contributed by atoms with van der Waals surface area (Å²) in [5, 5.41) is 15.3. The van der Waals surface area contributed by atoms with E-state index in [4.69, 9.17) is 10.5 Å². The fraction of sp³-hybridized carbons (Fsp3) is 0.562. The second-order valence-corrected chi connectivity index (χ2v) is 6.19. The summed E-state index contributed by atoms with van der Waals surface area (Å²) in [6.45, 7) is 3.20. The molecule has 1 amide bonds. The minimum Gasteiger partial charge on any atom is -0.449 e. The smallest absolute Gasteiger partial charge is 0.409 e. The second-order valence-electron chi connectivity index (χ2n) is 6.19. The van der Waals surface area contributed by atoms with Gasteiger partial charge in [-0.05, 0) is 31.4 Å². The highest BCUT2D eigenvalue weighted by Crippen LogP contribution is 2.33. The molecule has 3 heterocycles. The van der Waals surface area contributed by atoms with Gasteiger partial charge in [-0.3, -0.25) is 0 Å². The number of ether oxygens (including phenoxy) is 1. The molecule has 3 rings (SSSR count). The maximum Gasteiger partial charge on any atom is 0.409 e. The number of fused-ring (bicyclic) bond motifs is 1. The molecule has 3 N–H and O–H groups in total. The molecule has 0 saturated carbocycles. The highest BCUT2D eigenvalue weighted by Gasteiger charge is 2.39. The van der Waals surface area contributed by atoms with Crippen LogP contribution >= 0.6 is 0 Å². The van der Waals surface area contributed by atoms with E-state index >= 15 is 0 Å². The third-order valence-corrected chi connectivity index (χ3v) is 4.41. The van der Waals surface area contributed by atoms with Gasteiger partial charge in [-0.1, -0.05) is 13.3 Å². The lowest BCUT2D eigenvalue weighted by Gasteiger charge is -2.38. The minimum atomic E-state index is -1.19. The number of hydrogen-bond acceptors (Lipinski definition) is 6. The van der Waals surface area contributed by atoms with Crippen molar-refractivity contribution in [2.45, 2.75) is 38.2 Å². The number of unbranched alkanes of at least 4 members (excludes halogenated alkanes) is 1. The molecule has 0 bridgehead atoms. The van der Waals surface area contributed by atoms with E-state index in [0.717, 1.165) is 12.8 Å². The van der Waals surface area contributed by atoms with Gasteiger partial charge in [-0.25, -0.2) is 14.3 Å². The molecular weight excluding hydrogens is 310 g/mol. The molecule has 0 aliphatic carbocycles. The van der Waals surface area contributed by atoms with Gasteiger partial charge in [0.2, 0.25) is 0 Å². The summed E-state index contributed by atoms with van der Waals surface area (Å²) in [6.07, 6.45) is 4.01. The van der Waals surface area contributed by atoms with E-state index in [-0.39, 0.29) is 12.6 Å². The first kappa shape index (κ1) is 16.5. The second kappa shape index (κ2) is 6.64. The number of likely N-dealkylation sites (tertiary alicyclic amines) is 1. The van der Waals surface area contributed by atoms with Crippen molar-refractivity contribution in [3.8, 4) is 0 Å². The number of carbonyl (C=O) groups is 1. The van der Waals surface area contributed by atoms with Crippen LogP contribution in [0.5, 0.6) is 0 Å². The van der Waals surface area contributed by atoms with Crippen molar-refractivity contribution >= 4 is 17.4 Å². The summed E-state index contributed by atoms with van der Waals surface area (Å²) in [7, 11) is 0. The SMILES string of the molecule is CCCCOC(=O)N1CCCC(O)(c2ccc3c(N)ncnn23)C1. The molecule has 1 fully saturated rings. The monoisotopic (exact) mass is 333 g/mol. The van der Waals surface area contributed by atoms with Gasteiger partial charge >= 0.3 is 6.09 Å². The summed E-state index contributed by atoms with van der Waals surface area (Å²) >= 11 is 0. The normalized spacial score (nSPS) is 21.2. The van der Waals surface area contributed by atoms with Gasteiger partial charge in [0.25, 0.3) is 0 Å². The number of rotatable bonds is 4.